The SMILES string of the molecule is Cc1nc(N)sc1C(C)C. The molecule has 0 aliphatic heterocycles. The number of anilines is 1. The molecule has 0 saturated heterocycles. The van der Waals surface area contributed by atoms with E-state index in [-0.39, 0.29) is 0 Å². The summed E-state index contributed by atoms with van der Waals surface area (Å²) in [6.07, 6.45) is 0. The van der Waals surface area contributed by atoms with Crippen LogP contribution in [0.3, 0.4) is 0 Å². The Balaban J connectivity index is 3.03. The molecule has 2 N–H and O–H groups in total. The lowest BCUT2D eigenvalue weighted by Crippen LogP contribution is -1.85. The van der Waals surface area contributed by atoms with Gasteiger partial charge < -0.3 is 5.73 Å². The summed E-state index contributed by atoms with van der Waals surface area (Å²) >= 11 is 1.59. The molecule has 0 aliphatic rings. The van der Waals surface area contributed by atoms with Crippen molar-refractivity contribution < 1.29 is 0 Å². The number of nitrogens with zero attached hydrogens (tertiary/aromatic N) is 1. The van der Waals surface area contributed by atoms with Gasteiger partial charge in [0.2, 0.25) is 0 Å². The van der Waals surface area contributed by atoms with E-state index in [1.54, 1.807) is 11.3 Å². The summed E-state index contributed by atoms with van der Waals surface area (Å²) in [4.78, 5) is 5.43. The molecule has 3 heteroatoms. The van der Waals surface area contributed by atoms with Crippen LogP contribution in [0.4, 0.5) is 5.13 Å². The van der Waals surface area contributed by atoms with E-state index in [1.165, 1.54) is 4.88 Å². The van der Waals surface area contributed by atoms with E-state index in [2.05, 4.69) is 18.8 Å². The minimum atomic E-state index is 0.551. The van der Waals surface area contributed by atoms with Gasteiger partial charge in [0.1, 0.15) is 0 Å². The molecule has 10 heavy (non-hydrogen) atoms. The smallest absolute Gasteiger partial charge is 0.180 e. The van der Waals surface area contributed by atoms with E-state index in [9.17, 15) is 0 Å². The normalized spacial score (nSPS) is 10.8. The Hall–Kier alpha value is -0.570. The van der Waals surface area contributed by atoms with Crippen molar-refractivity contribution in [2.45, 2.75) is 26.7 Å². The van der Waals surface area contributed by atoms with Crippen molar-refractivity contribution >= 4 is 16.5 Å². The Morgan fingerprint density at radius 3 is 2.30 bits per heavy atom. The highest BCUT2D eigenvalue weighted by Crippen LogP contribution is 2.26. The molecule has 0 unspecified atom stereocenters. The average molecular weight is 156 g/mol. The zero-order valence-electron chi connectivity index (χ0n) is 6.51. The zero-order chi connectivity index (χ0) is 7.72. The molecule has 0 atom stereocenters. The number of nitrogens with two attached hydrogens (primary N) is 1. The van der Waals surface area contributed by atoms with Crippen molar-refractivity contribution in [1.82, 2.24) is 4.98 Å². The van der Waals surface area contributed by atoms with Gasteiger partial charge in [0.15, 0.2) is 5.13 Å². The van der Waals surface area contributed by atoms with Crippen molar-refractivity contribution in [3.05, 3.63) is 10.6 Å². The van der Waals surface area contributed by atoms with Crippen molar-refractivity contribution in [3.8, 4) is 0 Å². The van der Waals surface area contributed by atoms with Gasteiger partial charge in [-0.25, -0.2) is 4.98 Å². The molecule has 0 fully saturated rings. The van der Waals surface area contributed by atoms with Crippen molar-refractivity contribution in [2.75, 3.05) is 5.73 Å². The first kappa shape index (κ1) is 7.54. The second kappa shape index (κ2) is 2.58. The molecule has 0 aliphatic carbocycles. The summed E-state index contributed by atoms with van der Waals surface area (Å²) in [5.74, 6) is 0.551. The van der Waals surface area contributed by atoms with Crippen LogP contribution in [0, 0.1) is 6.92 Å². The summed E-state index contributed by atoms with van der Waals surface area (Å²) < 4.78 is 0. The Kier molecular flexibility index (Phi) is 1.94. The number of aryl methyl sites for hydroxylation is 1. The third kappa shape index (κ3) is 1.29. The number of hydrogen-bond acceptors (Lipinski definition) is 3. The number of nitrogen functional groups attached to an aromatic ring is 1. The van der Waals surface area contributed by atoms with E-state index in [0.717, 1.165) is 5.69 Å². The monoisotopic (exact) mass is 156 g/mol. The third-order valence-electron chi connectivity index (χ3n) is 1.37. The lowest BCUT2D eigenvalue weighted by Gasteiger charge is -1.98. The van der Waals surface area contributed by atoms with E-state index >= 15 is 0 Å². The molecular formula is C7H12N2S. The second-order valence-corrected chi connectivity index (χ2v) is 3.72. The van der Waals surface area contributed by atoms with E-state index in [4.69, 9.17) is 5.73 Å². The zero-order valence-corrected chi connectivity index (χ0v) is 7.33. The second-order valence-electron chi connectivity index (χ2n) is 2.66. The maximum atomic E-state index is 5.52. The van der Waals surface area contributed by atoms with Crippen LogP contribution >= 0.6 is 11.3 Å². The minimum Gasteiger partial charge on any atom is -0.375 e. The van der Waals surface area contributed by atoms with Crippen molar-refractivity contribution in [3.63, 3.8) is 0 Å². The van der Waals surface area contributed by atoms with Gasteiger partial charge in [0.25, 0.3) is 0 Å². The van der Waals surface area contributed by atoms with Crippen molar-refractivity contribution in [1.29, 1.82) is 0 Å². The van der Waals surface area contributed by atoms with Crippen LogP contribution in [0.2, 0.25) is 0 Å². The fourth-order valence-electron chi connectivity index (χ4n) is 0.965. The quantitative estimate of drug-likeness (QED) is 0.676. The van der Waals surface area contributed by atoms with Crippen LogP contribution < -0.4 is 5.73 Å². The molecule has 0 bridgehead atoms. The fraction of sp³-hybridized carbons (Fsp3) is 0.571. The highest BCUT2D eigenvalue weighted by molar-refractivity contribution is 7.15. The van der Waals surface area contributed by atoms with Crippen LogP contribution in [-0.4, -0.2) is 4.98 Å². The predicted octanol–water partition coefficient (Wildman–Crippen LogP) is 2.16. The van der Waals surface area contributed by atoms with E-state index < -0.39 is 0 Å². The summed E-state index contributed by atoms with van der Waals surface area (Å²) in [7, 11) is 0. The molecular weight excluding hydrogens is 144 g/mol. The van der Waals surface area contributed by atoms with E-state index in [1.807, 2.05) is 6.92 Å². The molecule has 56 valence electrons. The van der Waals surface area contributed by atoms with Gasteiger partial charge in [0.05, 0.1) is 5.69 Å². The first-order chi connectivity index (χ1) is 4.61. The van der Waals surface area contributed by atoms with Crippen LogP contribution in [0.5, 0.6) is 0 Å². The maximum Gasteiger partial charge on any atom is 0.180 e. The molecule has 1 heterocycles. The van der Waals surface area contributed by atoms with Crippen LogP contribution in [-0.2, 0) is 0 Å². The Bertz CT molecular complexity index is 228. The molecule has 0 spiro atoms. The molecule has 1 rings (SSSR count). The van der Waals surface area contributed by atoms with Crippen molar-refractivity contribution in [2.24, 2.45) is 0 Å². The lowest BCUT2D eigenvalue weighted by molar-refractivity contribution is 0.873. The van der Waals surface area contributed by atoms with Gasteiger partial charge in [-0.15, -0.1) is 11.3 Å². The summed E-state index contributed by atoms with van der Waals surface area (Å²) in [6.45, 7) is 6.31. The van der Waals surface area contributed by atoms with Crippen LogP contribution in [0.15, 0.2) is 0 Å². The largest absolute Gasteiger partial charge is 0.375 e. The highest BCUT2D eigenvalue weighted by atomic mass is 32.1. The lowest BCUT2D eigenvalue weighted by atomic mass is 10.1. The molecule has 1 aromatic heterocycles. The van der Waals surface area contributed by atoms with Gasteiger partial charge in [-0.3, -0.25) is 0 Å². The predicted molar refractivity (Wildman–Crippen MR) is 45.4 cm³/mol. The number of thiazole rings is 1. The number of aromatic nitrogens is 1. The number of rotatable bonds is 1. The van der Waals surface area contributed by atoms with Gasteiger partial charge in [0, 0.05) is 4.88 Å². The maximum absolute atomic E-state index is 5.52. The third-order valence-corrected chi connectivity index (χ3v) is 2.66. The van der Waals surface area contributed by atoms with E-state index in [0.29, 0.717) is 11.0 Å². The fourth-order valence-corrected chi connectivity index (χ4v) is 1.80. The van der Waals surface area contributed by atoms with Gasteiger partial charge in [-0.05, 0) is 12.8 Å². The first-order valence-electron chi connectivity index (χ1n) is 3.34. The molecule has 1 aromatic rings. The Morgan fingerprint density at radius 2 is 2.10 bits per heavy atom. The summed E-state index contributed by atoms with van der Waals surface area (Å²) in [5.41, 5.74) is 6.61. The van der Waals surface area contributed by atoms with Gasteiger partial charge >= 0.3 is 0 Å². The summed E-state index contributed by atoms with van der Waals surface area (Å²) in [6, 6.07) is 0. The minimum absolute atomic E-state index is 0.551. The Labute approximate surface area is 65.1 Å². The highest BCUT2D eigenvalue weighted by Gasteiger charge is 2.07. The molecule has 0 amide bonds. The van der Waals surface area contributed by atoms with Crippen LogP contribution in [0.25, 0.3) is 0 Å². The summed E-state index contributed by atoms with van der Waals surface area (Å²) in [5, 5.41) is 0.682. The first-order valence-corrected chi connectivity index (χ1v) is 4.15. The molecule has 2 nitrogen and oxygen atoms in total. The molecule has 0 aromatic carbocycles. The van der Waals surface area contributed by atoms with Crippen LogP contribution in [0.1, 0.15) is 30.3 Å². The number of hydrogen-bond donors (Lipinski definition) is 1. The Morgan fingerprint density at radius 1 is 1.50 bits per heavy atom. The van der Waals surface area contributed by atoms with Gasteiger partial charge in [-0.1, -0.05) is 13.8 Å². The average Bonchev–Trinajstić information content (AvgIpc) is 2.10. The molecule has 0 radical (unpaired) electrons. The van der Waals surface area contributed by atoms with Gasteiger partial charge in [-0.2, -0.15) is 0 Å². The standard InChI is InChI=1S/C7H12N2S/c1-4(2)6-5(3)9-7(8)10-6/h4H,1-3H3,(H2,8,9). The topological polar surface area (TPSA) is 38.9 Å². The molecule has 0 saturated carbocycles.